The van der Waals surface area contributed by atoms with Crippen LogP contribution in [0.15, 0.2) is 54.6 Å². The predicted molar refractivity (Wildman–Crippen MR) is 102 cm³/mol. The quantitative estimate of drug-likeness (QED) is 0.878. The second-order valence-electron chi connectivity index (χ2n) is 6.64. The van der Waals surface area contributed by atoms with E-state index in [0.717, 1.165) is 12.8 Å². The van der Waals surface area contributed by atoms with Gasteiger partial charge in [0.1, 0.15) is 0 Å². The van der Waals surface area contributed by atoms with Crippen LogP contribution >= 0.6 is 0 Å². The zero-order valence-corrected chi connectivity index (χ0v) is 15.7. The van der Waals surface area contributed by atoms with E-state index < -0.39 is 10.0 Å². The van der Waals surface area contributed by atoms with Crippen LogP contribution < -0.4 is 5.32 Å². The Morgan fingerprint density at radius 2 is 1.81 bits per heavy atom. The molecule has 1 aliphatic heterocycles. The van der Waals surface area contributed by atoms with Crippen molar-refractivity contribution in [1.82, 2.24) is 9.62 Å². The molecule has 1 N–H and O–H groups in total. The topological polar surface area (TPSA) is 66.5 Å². The fraction of sp³-hybridized carbons (Fsp3) is 0.350. The molecule has 0 bridgehead atoms. The summed E-state index contributed by atoms with van der Waals surface area (Å²) in [4.78, 5) is 11.6. The van der Waals surface area contributed by atoms with E-state index >= 15 is 0 Å². The Labute approximate surface area is 155 Å². The van der Waals surface area contributed by atoms with Crippen molar-refractivity contribution in [3.8, 4) is 0 Å². The van der Waals surface area contributed by atoms with Crippen molar-refractivity contribution in [2.24, 2.45) is 0 Å². The fourth-order valence-electron chi connectivity index (χ4n) is 3.39. The number of nitrogens with one attached hydrogen (secondary N) is 1. The summed E-state index contributed by atoms with van der Waals surface area (Å²) in [6.07, 6.45) is 1.88. The van der Waals surface area contributed by atoms with Gasteiger partial charge in [-0.1, -0.05) is 42.5 Å². The van der Waals surface area contributed by atoms with E-state index in [1.165, 1.54) is 5.56 Å². The van der Waals surface area contributed by atoms with E-state index in [-0.39, 0.29) is 17.6 Å². The van der Waals surface area contributed by atoms with Crippen molar-refractivity contribution in [3.05, 3.63) is 71.3 Å². The molecule has 1 unspecified atom stereocenters. The van der Waals surface area contributed by atoms with Gasteiger partial charge in [-0.15, -0.1) is 0 Å². The second-order valence-corrected chi connectivity index (χ2v) is 8.61. The first kappa shape index (κ1) is 18.6. The Hall–Kier alpha value is -2.18. The maximum atomic E-state index is 12.9. The Kier molecular flexibility index (Phi) is 5.74. The van der Waals surface area contributed by atoms with Gasteiger partial charge in [-0.3, -0.25) is 4.79 Å². The summed E-state index contributed by atoms with van der Waals surface area (Å²) in [6, 6.07) is 16.8. The highest BCUT2D eigenvalue weighted by atomic mass is 32.2. The molecule has 1 saturated heterocycles. The van der Waals surface area contributed by atoms with Crippen molar-refractivity contribution >= 4 is 15.9 Å². The Morgan fingerprint density at radius 3 is 2.46 bits per heavy atom. The third kappa shape index (κ3) is 4.31. The largest absolute Gasteiger partial charge is 0.355 e. The lowest BCUT2D eigenvalue weighted by Gasteiger charge is -2.32. The molecule has 0 radical (unpaired) electrons. The first-order valence-corrected chi connectivity index (χ1v) is 10.4. The smallest absolute Gasteiger partial charge is 0.251 e. The summed E-state index contributed by atoms with van der Waals surface area (Å²) in [5.41, 5.74) is 2.41. The van der Waals surface area contributed by atoms with Gasteiger partial charge in [0.15, 0.2) is 0 Å². The molecular weight excluding hydrogens is 348 g/mol. The zero-order valence-electron chi connectivity index (χ0n) is 14.9. The number of hydrogen-bond donors (Lipinski definition) is 1. The molecule has 138 valence electrons. The van der Waals surface area contributed by atoms with Gasteiger partial charge in [-0.05, 0) is 42.0 Å². The molecule has 3 rings (SSSR count). The van der Waals surface area contributed by atoms with Crippen molar-refractivity contribution < 1.29 is 13.2 Å². The molecule has 1 amide bonds. The number of benzene rings is 2. The predicted octanol–water partition coefficient (Wildman–Crippen LogP) is 2.76. The summed E-state index contributed by atoms with van der Waals surface area (Å²) in [6.45, 7) is 1.10. The average Bonchev–Trinajstić information content (AvgIpc) is 2.68. The maximum Gasteiger partial charge on any atom is 0.251 e. The average molecular weight is 372 g/mol. The van der Waals surface area contributed by atoms with Crippen LogP contribution in [0.1, 0.15) is 40.2 Å². The third-order valence-electron chi connectivity index (χ3n) is 4.84. The summed E-state index contributed by atoms with van der Waals surface area (Å²) < 4.78 is 27.3. The molecule has 0 aliphatic carbocycles. The number of nitrogens with zero attached hydrogens (tertiary/aromatic N) is 1. The van der Waals surface area contributed by atoms with Crippen LogP contribution in [-0.2, 0) is 15.8 Å². The minimum Gasteiger partial charge on any atom is -0.355 e. The van der Waals surface area contributed by atoms with Gasteiger partial charge < -0.3 is 5.32 Å². The molecule has 0 spiro atoms. The molecule has 1 aliphatic rings. The molecular formula is C20H24N2O3S. The van der Waals surface area contributed by atoms with E-state index in [4.69, 9.17) is 0 Å². The number of carbonyl (C=O) groups is 1. The van der Waals surface area contributed by atoms with E-state index in [2.05, 4.69) is 17.4 Å². The molecule has 1 heterocycles. The molecule has 5 nitrogen and oxygen atoms in total. The molecule has 1 fully saturated rings. The minimum atomic E-state index is -3.38. The van der Waals surface area contributed by atoms with Crippen molar-refractivity contribution in [2.75, 3.05) is 20.1 Å². The number of hydrogen-bond acceptors (Lipinski definition) is 3. The SMILES string of the molecule is CNC(=O)c1ccc(CS(=O)(=O)N2CCCC(c3ccccc3)C2)cc1. The highest BCUT2D eigenvalue weighted by Crippen LogP contribution is 2.29. The molecule has 26 heavy (non-hydrogen) atoms. The van der Waals surface area contributed by atoms with Crippen LogP contribution in [0.2, 0.25) is 0 Å². The summed E-state index contributed by atoms with van der Waals surface area (Å²) >= 11 is 0. The van der Waals surface area contributed by atoms with E-state index in [1.807, 2.05) is 18.2 Å². The van der Waals surface area contributed by atoms with Crippen LogP contribution in [0.3, 0.4) is 0 Å². The van der Waals surface area contributed by atoms with Gasteiger partial charge in [0.05, 0.1) is 5.75 Å². The number of piperidine rings is 1. The standard InChI is InChI=1S/C20H24N2O3S/c1-21-20(23)18-11-9-16(10-12-18)15-26(24,25)22-13-5-8-19(14-22)17-6-3-2-4-7-17/h2-4,6-7,9-12,19H,5,8,13-15H2,1H3,(H,21,23). The van der Waals surface area contributed by atoms with E-state index in [9.17, 15) is 13.2 Å². The molecule has 1 atom stereocenters. The highest BCUT2D eigenvalue weighted by molar-refractivity contribution is 7.88. The van der Waals surface area contributed by atoms with Gasteiger partial charge in [0, 0.05) is 25.7 Å². The molecule has 2 aromatic rings. The van der Waals surface area contributed by atoms with Gasteiger partial charge in [-0.2, -0.15) is 0 Å². The Bertz CT molecular complexity index is 848. The van der Waals surface area contributed by atoms with Crippen LogP contribution in [0.4, 0.5) is 0 Å². The lowest BCUT2D eigenvalue weighted by Crippen LogP contribution is -2.39. The molecule has 2 aromatic carbocycles. The Balaban J connectivity index is 1.70. The van der Waals surface area contributed by atoms with Crippen LogP contribution in [-0.4, -0.2) is 38.8 Å². The van der Waals surface area contributed by atoms with Gasteiger partial charge in [-0.25, -0.2) is 12.7 Å². The number of carbonyl (C=O) groups excluding carboxylic acids is 1. The van der Waals surface area contributed by atoms with Crippen molar-refractivity contribution in [3.63, 3.8) is 0 Å². The molecule has 6 heteroatoms. The van der Waals surface area contributed by atoms with Crippen molar-refractivity contribution in [2.45, 2.75) is 24.5 Å². The summed E-state index contributed by atoms with van der Waals surface area (Å²) in [7, 11) is -1.81. The number of rotatable bonds is 5. The number of amides is 1. The van der Waals surface area contributed by atoms with E-state index in [0.29, 0.717) is 24.2 Å². The Morgan fingerprint density at radius 1 is 1.12 bits per heavy atom. The number of sulfonamides is 1. The van der Waals surface area contributed by atoms with Gasteiger partial charge in [0.25, 0.3) is 5.91 Å². The van der Waals surface area contributed by atoms with E-state index in [1.54, 1.807) is 35.6 Å². The van der Waals surface area contributed by atoms with Crippen molar-refractivity contribution in [1.29, 1.82) is 0 Å². The first-order chi connectivity index (χ1) is 12.5. The van der Waals surface area contributed by atoms with Crippen LogP contribution in [0, 0.1) is 0 Å². The normalized spacial score (nSPS) is 18.4. The maximum absolute atomic E-state index is 12.9. The highest BCUT2D eigenvalue weighted by Gasteiger charge is 2.29. The van der Waals surface area contributed by atoms with Gasteiger partial charge in [0.2, 0.25) is 10.0 Å². The van der Waals surface area contributed by atoms with Crippen LogP contribution in [0.25, 0.3) is 0 Å². The molecule has 0 aromatic heterocycles. The van der Waals surface area contributed by atoms with Crippen LogP contribution in [0.5, 0.6) is 0 Å². The summed E-state index contributed by atoms with van der Waals surface area (Å²) in [5.74, 6) is 0.0270. The third-order valence-corrected chi connectivity index (χ3v) is 6.66. The second kappa shape index (κ2) is 8.01. The first-order valence-electron chi connectivity index (χ1n) is 8.83. The van der Waals surface area contributed by atoms with Gasteiger partial charge >= 0.3 is 0 Å². The summed E-state index contributed by atoms with van der Waals surface area (Å²) in [5, 5.41) is 2.56. The fourth-order valence-corrected chi connectivity index (χ4v) is 5.00. The lowest BCUT2D eigenvalue weighted by molar-refractivity contribution is 0.0963. The zero-order chi connectivity index (χ0) is 18.6. The lowest BCUT2D eigenvalue weighted by atomic mass is 9.92. The molecule has 0 saturated carbocycles. The minimum absolute atomic E-state index is 0.0392. The monoisotopic (exact) mass is 372 g/mol.